The normalized spacial score (nSPS) is 10.7. The van der Waals surface area contributed by atoms with Crippen molar-refractivity contribution < 1.29 is 9.66 Å². The second-order valence-electron chi connectivity index (χ2n) is 4.96. The van der Waals surface area contributed by atoms with Crippen molar-refractivity contribution >= 4 is 11.3 Å². The molecule has 0 aliphatic heterocycles. The van der Waals surface area contributed by atoms with Gasteiger partial charge in [-0.25, -0.2) is 4.98 Å². The van der Waals surface area contributed by atoms with Crippen molar-refractivity contribution in [2.45, 2.75) is 13.5 Å². The molecule has 0 saturated carbocycles. The fraction of sp³-hybridized carbons (Fsp3) is 0.125. The molecule has 0 aliphatic carbocycles. The standard InChI is InChI=1S/C16H13N3O4/c1-11-5-4-8-15-17-12(9-16(20)18(11)15)10-23-14-7-3-2-6-13(14)19(21)22/h2-9H,10H2,1H3. The highest BCUT2D eigenvalue weighted by Gasteiger charge is 2.14. The average Bonchev–Trinajstić information content (AvgIpc) is 2.53. The van der Waals surface area contributed by atoms with E-state index in [-0.39, 0.29) is 23.6 Å². The number of nitrogens with zero attached hydrogens (tertiary/aromatic N) is 3. The molecule has 2 aromatic heterocycles. The molecule has 0 saturated heterocycles. The summed E-state index contributed by atoms with van der Waals surface area (Å²) < 4.78 is 6.96. The topological polar surface area (TPSA) is 86.7 Å². The van der Waals surface area contributed by atoms with E-state index in [0.717, 1.165) is 5.69 Å². The predicted molar refractivity (Wildman–Crippen MR) is 83.6 cm³/mol. The van der Waals surface area contributed by atoms with Gasteiger partial charge in [0.15, 0.2) is 5.75 Å². The lowest BCUT2D eigenvalue weighted by molar-refractivity contribution is -0.385. The van der Waals surface area contributed by atoms with E-state index in [1.807, 2.05) is 19.1 Å². The van der Waals surface area contributed by atoms with Crippen molar-refractivity contribution in [3.05, 3.63) is 80.4 Å². The van der Waals surface area contributed by atoms with Gasteiger partial charge in [-0.3, -0.25) is 19.3 Å². The van der Waals surface area contributed by atoms with Gasteiger partial charge in [-0.05, 0) is 25.1 Å². The van der Waals surface area contributed by atoms with Crippen molar-refractivity contribution in [1.29, 1.82) is 0 Å². The number of aryl methyl sites for hydroxylation is 1. The van der Waals surface area contributed by atoms with Gasteiger partial charge in [0.1, 0.15) is 12.3 Å². The summed E-state index contributed by atoms with van der Waals surface area (Å²) in [6, 6.07) is 12.8. The lowest BCUT2D eigenvalue weighted by Gasteiger charge is -2.08. The van der Waals surface area contributed by atoms with Crippen LogP contribution in [0.25, 0.3) is 5.65 Å². The molecule has 0 aliphatic rings. The van der Waals surface area contributed by atoms with Crippen LogP contribution in [0.3, 0.4) is 0 Å². The molecular weight excluding hydrogens is 298 g/mol. The number of nitro benzene ring substituents is 1. The van der Waals surface area contributed by atoms with E-state index in [1.165, 1.54) is 22.6 Å². The molecule has 0 fully saturated rings. The number of pyridine rings is 1. The van der Waals surface area contributed by atoms with Crippen molar-refractivity contribution in [2.24, 2.45) is 0 Å². The Kier molecular flexibility index (Phi) is 3.76. The minimum Gasteiger partial charge on any atom is -0.480 e. The lowest BCUT2D eigenvalue weighted by atomic mass is 10.3. The smallest absolute Gasteiger partial charge is 0.310 e. The number of nitro groups is 1. The van der Waals surface area contributed by atoms with Gasteiger partial charge in [-0.2, -0.15) is 0 Å². The molecule has 2 heterocycles. The number of para-hydroxylation sites is 2. The number of ether oxygens (including phenoxy) is 1. The van der Waals surface area contributed by atoms with E-state index in [4.69, 9.17) is 4.74 Å². The Bertz CT molecular complexity index is 949. The quantitative estimate of drug-likeness (QED) is 0.545. The molecule has 23 heavy (non-hydrogen) atoms. The van der Waals surface area contributed by atoms with Gasteiger partial charge in [0, 0.05) is 17.8 Å². The SMILES string of the molecule is Cc1cccc2nc(COc3ccccc3[N+](=O)[O-])cc(=O)n12. The summed E-state index contributed by atoms with van der Waals surface area (Å²) >= 11 is 0. The molecule has 1 aromatic carbocycles. The molecule has 7 nitrogen and oxygen atoms in total. The summed E-state index contributed by atoms with van der Waals surface area (Å²) in [6.07, 6.45) is 0. The van der Waals surface area contributed by atoms with Gasteiger partial charge in [0.2, 0.25) is 0 Å². The Labute approximate surface area is 130 Å². The largest absolute Gasteiger partial charge is 0.480 e. The fourth-order valence-corrected chi connectivity index (χ4v) is 2.32. The number of rotatable bonds is 4. The Hall–Kier alpha value is -3.22. The molecule has 3 rings (SSSR count). The molecule has 116 valence electrons. The van der Waals surface area contributed by atoms with E-state index in [1.54, 1.807) is 18.2 Å². The van der Waals surface area contributed by atoms with E-state index < -0.39 is 4.92 Å². The summed E-state index contributed by atoms with van der Waals surface area (Å²) in [5.74, 6) is 0.142. The third kappa shape index (κ3) is 2.89. The molecule has 0 N–H and O–H groups in total. The monoisotopic (exact) mass is 311 g/mol. The molecule has 3 aromatic rings. The minimum atomic E-state index is -0.513. The van der Waals surface area contributed by atoms with Crippen LogP contribution in [0.1, 0.15) is 11.4 Å². The van der Waals surface area contributed by atoms with Crippen LogP contribution >= 0.6 is 0 Å². The van der Waals surface area contributed by atoms with Crippen molar-refractivity contribution in [1.82, 2.24) is 9.38 Å². The van der Waals surface area contributed by atoms with Crippen LogP contribution in [0.5, 0.6) is 5.75 Å². The van der Waals surface area contributed by atoms with Gasteiger partial charge in [-0.1, -0.05) is 18.2 Å². The van der Waals surface area contributed by atoms with Crippen LogP contribution in [0.15, 0.2) is 53.3 Å². The Balaban J connectivity index is 1.92. The third-order valence-corrected chi connectivity index (χ3v) is 3.37. The van der Waals surface area contributed by atoms with Crippen LogP contribution in [0.4, 0.5) is 5.69 Å². The van der Waals surface area contributed by atoms with E-state index >= 15 is 0 Å². The molecule has 7 heteroatoms. The van der Waals surface area contributed by atoms with Crippen LogP contribution in [-0.4, -0.2) is 14.3 Å². The molecule has 0 radical (unpaired) electrons. The van der Waals surface area contributed by atoms with Gasteiger partial charge in [-0.15, -0.1) is 0 Å². The first-order valence-electron chi connectivity index (χ1n) is 6.91. The van der Waals surface area contributed by atoms with Gasteiger partial charge in [0.25, 0.3) is 5.56 Å². The molecule has 0 atom stereocenters. The summed E-state index contributed by atoms with van der Waals surface area (Å²) in [5.41, 5.74) is 1.37. The Morgan fingerprint density at radius 1 is 1.22 bits per heavy atom. The highest BCUT2D eigenvalue weighted by molar-refractivity contribution is 5.46. The molecule has 0 bridgehead atoms. The third-order valence-electron chi connectivity index (χ3n) is 3.37. The van der Waals surface area contributed by atoms with Crippen LogP contribution < -0.4 is 10.3 Å². The van der Waals surface area contributed by atoms with Crippen molar-refractivity contribution in [3.63, 3.8) is 0 Å². The maximum Gasteiger partial charge on any atom is 0.310 e. The first kappa shape index (κ1) is 14.7. The first-order valence-corrected chi connectivity index (χ1v) is 6.91. The van der Waals surface area contributed by atoms with Crippen molar-refractivity contribution in [2.75, 3.05) is 0 Å². The second-order valence-corrected chi connectivity index (χ2v) is 4.96. The number of benzene rings is 1. The lowest BCUT2D eigenvalue weighted by Crippen LogP contribution is -2.18. The first-order chi connectivity index (χ1) is 11.1. The fourth-order valence-electron chi connectivity index (χ4n) is 2.32. The predicted octanol–water partition coefficient (Wildman–Crippen LogP) is 2.49. The summed E-state index contributed by atoms with van der Waals surface area (Å²) in [7, 11) is 0. The number of hydrogen-bond acceptors (Lipinski definition) is 5. The summed E-state index contributed by atoms with van der Waals surface area (Å²) in [6.45, 7) is 1.80. The maximum atomic E-state index is 12.2. The zero-order chi connectivity index (χ0) is 16.4. The van der Waals surface area contributed by atoms with Gasteiger partial charge in [0.05, 0.1) is 10.6 Å². The minimum absolute atomic E-state index is 0.0233. The zero-order valence-electron chi connectivity index (χ0n) is 12.3. The van der Waals surface area contributed by atoms with Gasteiger partial charge < -0.3 is 4.74 Å². The van der Waals surface area contributed by atoms with Crippen molar-refractivity contribution in [3.8, 4) is 5.75 Å². The highest BCUT2D eigenvalue weighted by Crippen LogP contribution is 2.26. The van der Waals surface area contributed by atoms with Gasteiger partial charge >= 0.3 is 5.69 Å². The molecular formula is C16H13N3O4. The number of fused-ring (bicyclic) bond motifs is 1. The second kappa shape index (κ2) is 5.88. The Morgan fingerprint density at radius 2 is 2.00 bits per heavy atom. The summed E-state index contributed by atoms with van der Waals surface area (Å²) in [4.78, 5) is 27.0. The Morgan fingerprint density at radius 3 is 2.78 bits per heavy atom. The molecule has 0 amide bonds. The number of hydrogen-bond donors (Lipinski definition) is 0. The summed E-state index contributed by atoms with van der Waals surface area (Å²) in [5, 5.41) is 11.0. The zero-order valence-corrected chi connectivity index (χ0v) is 12.3. The molecule has 0 spiro atoms. The number of aromatic nitrogens is 2. The van der Waals surface area contributed by atoms with E-state index in [9.17, 15) is 14.9 Å². The average molecular weight is 311 g/mol. The van der Waals surface area contributed by atoms with E-state index in [2.05, 4.69) is 4.98 Å². The van der Waals surface area contributed by atoms with Crippen LogP contribution in [-0.2, 0) is 6.61 Å². The highest BCUT2D eigenvalue weighted by atomic mass is 16.6. The molecule has 0 unspecified atom stereocenters. The maximum absolute atomic E-state index is 12.2. The van der Waals surface area contributed by atoms with Crippen LogP contribution in [0.2, 0.25) is 0 Å². The van der Waals surface area contributed by atoms with E-state index in [0.29, 0.717) is 11.3 Å². The van der Waals surface area contributed by atoms with Crippen LogP contribution in [0, 0.1) is 17.0 Å².